The van der Waals surface area contributed by atoms with E-state index in [4.69, 9.17) is 10.5 Å². The minimum absolute atomic E-state index is 0.0134. The van der Waals surface area contributed by atoms with Gasteiger partial charge in [0.05, 0.1) is 5.69 Å². The summed E-state index contributed by atoms with van der Waals surface area (Å²) in [5.74, 6) is 0.682. The van der Waals surface area contributed by atoms with Crippen LogP contribution in [-0.2, 0) is 24.1 Å². The van der Waals surface area contributed by atoms with Crippen LogP contribution in [0.4, 0.5) is 11.6 Å². The SMILES string of the molecule is CCCc1c(C)nn2c(N)c(C#N)c(NCCc3cccn(CCCOC)c3=O)nc12. The monoisotopic (exact) mass is 423 g/mol. The van der Waals surface area contributed by atoms with Crippen LogP contribution in [0.3, 0.4) is 0 Å². The summed E-state index contributed by atoms with van der Waals surface area (Å²) >= 11 is 0. The van der Waals surface area contributed by atoms with Gasteiger partial charge in [0.2, 0.25) is 0 Å². The Morgan fingerprint density at radius 2 is 2.16 bits per heavy atom. The Balaban J connectivity index is 1.81. The molecule has 0 bridgehead atoms. The Labute approximate surface area is 181 Å². The average Bonchev–Trinajstić information content (AvgIpc) is 3.07. The van der Waals surface area contributed by atoms with Gasteiger partial charge in [-0.15, -0.1) is 0 Å². The van der Waals surface area contributed by atoms with E-state index in [1.54, 1.807) is 22.4 Å². The zero-order valence-electron chi connectivity index (χ0n) is 18.3. The fraction of sp³-hybridized carbons (Fsp3) is 0.455. The Morgan fingerprint density at radius 1 is 1.35 bits per heavy atom. The second kappa shape index (κ2) is 10.1. The lowest BCUT2D eigenvalue weighted by Gasteiger charge is -2.11. The molecule has 3 heterocycles. The third-order valence-electron chi connectivity index (χ3n) is 5.24. The number of ether oxygens (including phenoxy) is 1. The number of pyridine rings is 1. The highest BCUT2D eigenvalue weighted by molar-refractivity contribution is 5.69. The lowest BCUT2D eigenvalue weighted by Crippen LogP contribution is -2.25. The molecule has 0 atom stereocenters. The lowest BCUT2D eigenvalue weighted by atomic mass is 10.1. The van der Waals surface area contributed by atoms with Gasteiger partial charge in [-0.2, -0.15) is 14.9 Å². The molecule has 9 nitrogen and oxygen atoms in total. The number of methoxy groups -OCH3 is 1. The van der Waals surface area contributed by atoms with Crippen LogP contribution in [0.15, 0.2) is 23.1 Å². The predicted octanol–water partition coefficient (Wildman–Crippen LogP) is 2.30. The average molecular weight is 424 g/mol. The minimum atomic E-state index is -0.0134. The maximum absolute atomic E-state index is 12.7. The molecule has 0 radical (unpaired) electrons. The van der Waals surface area contributed by atoms with E-state index in [1.165, 1.54) is 0 Å². The van der Waals surface area contributed by atoms with E-state index in [0.29, 0.717) is 43.1 Å². The van der Waals surface area contributed by atoms with E-state index in [0.717, 1.165) is 30.5 Å². The number of nitriles is 1. The summed E-state index contributed by atoms with van der Waals surface area (Å²) in [5.41, 5.74) is 9.73. The molecule has 9 heteroatoms. The zero-order chi connectivity index (χ0) is 22.4. The summed E-state index contributed by atoms with van der Waals surface area (Å²) < 4.78 is 8.30. The fourth-order valence-corrected chi connectivity index (χ4v) is 3.65. The van der Waals surface area contributed by atoms with Crippen LogP contribution in [0.1, 0.15) is 42.1 Å². The van der Waals surface area contributed by atoms with Gasteiger partial charge in [0.25, 0.3) is 5.56 Å². The summed E-state index contributed by atoms with van der Waals surface area (Å²) in [7, 11) is 1.65. The standard InChI is InChI=1S/C22H29N7O2/c1-4-7-17-15(2)27-29-19(24)18(14-23)20(26-21(17)29)25-10-9-16-8-5-11-28(22(16)30)12-6-13-31-3/h5,8,11H,4,6-7,9-10,12-13,24H2,1-3H3,(H,25,26). The maximum atomic E-state index is 12.7. The molecule has 0 aliphatic carbocycles. The van der Waals surface area contributed by atoms with Gasteiger partial charge >= 0.3 is 0 Å². The highest BCUT2D eigenvalue weighted by Crippen LogP contribution is 2.25. The van der Waals surface area contributed by atoms with Crippen molar-refractivity contribution in [2.75, 3.05) is 31.3 Å². The number of hydrogen-bond acceptors (Lipinski definition) is 7. The number of aryl methyl sites for hydroxylation is 3. The van der Waals surface area contributed by atoms with Gasteiger partial charge < -0.3 is 20.4 Å². The molecule has 0 aliphatic rings. The van der Waals surface area contributed by atoms with Crippen molar-refractivity contribution in [3.8, 4) is 6.07 Å². The smallest absolute Gasteiger partial charge is 0.253 e. The minimum Gasteiger partial charge on any atom is -0.385 e. The molecule has 0 aliphatic heterocycles. The molecular formula is C22H29N7O2. The van der Waals surface area contributed by atoms with Crippen LogP contribution in [0.5, 0.6) is 0 Å². The number of rotatable bonds is 10. The van der Waals surface area contributed by atoms with Crippen molar-refractivity contribution in [3.05, 3.63) is 51.1 Å². The molecule has 164 valence electrons. The van der Waals surface area contributed by atoms with E-state index >= 15 is 0 Å². The summed E-state index contributed by atoms with van der Waals surface area (Å²) in [6, 6.07) is 5.83. The molecule has 0 aromatic carbocycles. The van der Waals surface area contributed by atoms with Crippen LogP contribution in [0.25, 0.3) is 5.65 Å². The molecule has 0 saturated carbocycles. The first-order chi connectivity index (χ1) is 15.0. The topological polar surface area (TPSA) is 123 Å². The molecule has 0 fully saturated rings. The molecule has 0 spiro atoms. The van der Waals surface area contributed by atoms with Crippen molar-refractivity contribution in [2.24, 2.45) is 0 Å². The van der Waals surface area contributed by atoms with Crippen molar-refractivity contribution in [1.29, 1.82) is 5.26 Å². The zero-order valence-corrected chi connectivity index (χ0v) is 18.3. The van der Waals surface area contributed by atoms with Gasteiger partial charge in [0, 0.05) is 44.1 Å². The number of hydrogen-bond donors (Lipinski definition) is 2. The van der Waals surface area contributed by atoms with E-state index in [9.17, 15) is 10.1 Å². The molecule has 3 N–H and O–H groups in total. The van der Waals surface area contributed by atoms with Gasteiger partial charge in [-0.1, -0.05) is 19.4 Å². The number of anilines is 2. The third kappa shape index (κ3) is 4.70. The molecule has 0 saturated heterocycles. The van der Waals surface area contributed by atoms with E-state index < -0.39 is 0 Å². The Bertz CT molecular complexity index is 1160. The first-order valence-corrected chi connectivity index (χ1v) is 10.5. The number of nitrogens with one attached hydrogen (secondary N) is 1. The quantitative estimate of drug-likeness (QED) is 0.480. The van der Waals surface area contributed by atoms with Crippen molar-refractivity contribution >= 4 is 17.3 Å². The van der Waals surface area contributed by atoms with Crippen LogP contribution in [0.2, 0.25) is 0 Å². The second-order valence-corrected chi connectivity index (χ2v) is 7.44. The molecule has 3 aromatic heterocycles. The maximum Gasteiger partial charge on any atom is 0.253 e. The van der Waals surface area contributed by atoms with Gasteiger partial charge in [0.1, 0.15) is 23.3 Å². The Morgan fingerprint density at radius 3 is 2.87 bits per heavy atom. The molecular weight excluding hydrogens is 394 g/mol. The normalized spacial score (nSPS) is 11.0. The van der Waals surface area contributed by atoms with E-state index in [-0.39, 0.29) is 16.9 Å². The fourth-order valence-electron chi connectivity index (χ4n) is 3.65. The van der Waals surface area contributed by atoms with Crippen LogP contribution in [0, 0.1) is 18.3 Å². The van der Waals surface area contributed by atoms with E-state index in [2.05, 4.69) is 28.4 Å². The number of nitrogens with zero attached hydrogens (tertiary/aromatic N) is 5. The molecule has 0 amide bonds. The molecule has 3 rings (SSSR count). The highest BCUT2D eigenvalue weighted by Gasteiger charge is 2.18. The number of nitrogens with two attached hydrogens (primary N) is 1. The highest BCUT2D eigenvalue weighted by atomic mass is 16.5. The lowest BCUT2D eigenvalue weighted by molar-refractivity contribution is 0.190. The summed E-state index contributed by atoms with van der Waals surface area (Å²) in [5, 5.41) is 17.3. The number of fused-ring (bicyclic) bond motifs is 1. The van der Waals surface area contributed by atoms with Crippen molar-refractivity contribution < 1.29 is 4.74 Å². The first kappa shape index (κ1) is 22.3. The van der Waals surface area contributed by atoms with Crippen LogP contribution >= 0.6 is 0 Å². The van der Waals surface area contributed by atoms with Gasteiger partial charge in [-0.05, 0) is 32.3 Å². The predicted molar refractivity (Wildman–Crippen MR) is 120 cm³/mol. The van der Waals surface area contributed by atoms with E-state index in [1.807, 2.05) is 19.1 Å². The van der Waals surface area contributed by atoms with Gasteiger partial charge in [0.15, 0.2) is 5.65 Å². The second-order valence-electron chi connectivity index (χ2n) is 7.44. The molecule has 31 heavy (non-hydrogen) atoms. The van der Waals surface area contributed by atoms with Crippen molar-refractivity contribution in [1.82, 2.24) is 19.2 Å². The van der Waals surface area contributed by atoms with Crippen molar-refractivity contribution in [2.45, 2.75) is 46.1 Å². The Kier molecular flexibility index (Phi) is 7.26. The molecule has 3 aromatic rings. The van der Waals surface area contributed by atoms with Crippen LogP contribution < -0.4 is 16.6 Å². The largest absolute Gasteiger partial charge is 0.385 e. The van der Waals surface area contributed by atoms with Gasteiger partial charge in [-0.25, -0.2) is 4.98 Å². The number of nitrogen functional groups attached to an aromatic ring is 1. The number of aromatic nitrogens is 4. The summed E-state index contributed by atoms with van der Waals surface area (Å²) in [6.07, 6.45) is 4.85. The third-order valence-corrected chi connectivity index (χ3v) is 5.24. The molecule has 0 unspecified atom stereocenters. The van der Waals surface area contributed by atoms with Gasteiger partial charge in [-0.3, -0.25) is 4.79 Å². The first-order valence-electron chi connectivity index (χ1n) is 10.5. The van der Waals surface area contributed by atoms with Crippen LogP contribution in [-0.4, -0.2) is 39.4 Å². The summed E-state index contributed by atoms with van der Waals surface area (Å²) in [4.78, 5) is 17.3. The Hall–Kier alpha value is -3.38. The van der Waals surface area contributed by atoms with Crippen molar-refractivity contribution in [3.63, 3.8) is 0 Å². The summed E-state index contributed by atoms with van der Waals surface area (Å²) in [6.45, 7) is 5.69.